The molecule has 3 heteroatoms. The van der Waals surface area contributed by atoms with Gasteiger partial charge in [-0.3, -0.25) is 0 Å². The Morgan fingerprint density at radius 1 is 1.29 bits per heavy atom. The highest BCUT2D eigenvalue weighted by molar-refractivity contribution is 5.30. The summed E-state index contributed by atoms with van der Waals surface area (Å²) in [5.74, 6) is -0.0837. The van der Waals surface area contributed by atoms with Crippen LogP contribution >= 0.6 is 0 Å². The Balaban J connectivity index is 2.22. The van der Waals surface area contributed by atoms with E-state index in [1.54, 1.807) is 6.07 Å². The molecule has 0 bridgehead atoms. The van der Waals surface area contributed by atoms with Gasteiger partial charge in [-0.05, 0) is 30.4 Å². The predicted octanol–water partition coefficient (Wildman–Crippen LogP) is 2.43. The van der Waals surface area contributed by atoms with Crippen molar-refractivity contribution in [1.82, 2.24) is 0 Å². The summed E-state index contributed by atoms with van der Waals surface area (Å²) in [7, 11) is 0. The number of rotatable bonds is 1. The second-order valence-electron chi connectivity index (χ2n) is 3.59. The van der Waals surface area contributed by atoms with E-state index in [4.69, 9.17) is 9.84 Å². The monoisotopic (exact) mass is 196 g/mol. The lowest BCUT2D eigenvalue weighted by Crippen LogP contribution is -2.15. The summed E-state index contributed by atoms with van der Waals surface area (Å²) >= 11 is 0. The first-order valence-electron chi connectivity index (χ1n) is 4.83. The number of benzene rings is 1. The highest BCUT2D eigenvalue weighted by Gasteiger charge is 2.19. The van der Waals surface area contributed by atoms with Crippen LogP contribution in [0.4, 0.5) is 4.39 Å². The molecule has 0 radical (unpaired) electrons. The zero-order valence-corrected chi connectivity index (χ0v) is 7.87. The number of hydrogen-bond acceptors (Lipinski definition) is 2. The van der Waals surface area contributed by atoms with Crippen molar-refractivity contribution >= 4 is 0 Å². The Morgan fingerprint density at radius 3 is 2.64 bits per heavy atom. The van der Waals surface area contributed by atoms with Gasteiger partial charge in [-0.2, -0.15) is 0 Å². The van der Waals surface area contributed by atoms with Crippen molar-refractivity contribution in [2.24, 2.45) is 0 Å². The highest BCUT2D eigenvalue weighted by Crippen LogP contribution is 2.30. The van der Waals surface area contributed by atoms with Gasteiger partial charge in [0.25, 0.3) is 0 Å². The number of halogens is 1. The maximum Gasteiger partial charge on any atom is 0.130 e. The van der Waals surface area contributed by atoms with Gasteiger partial charge in [-0.25, -0.2) is 4.39 Å². The minimum absolute atomic E-state index is 0.0155. The fourth-order valence-electron chi connectivity index (χ4n) is 1.86. The van der Waals surface area contributed by atoms with Crippen LogP contribution in [0.1, 0.15) is 24.3 Å². The molecule has 76 valence electrons. The topological polar surface area (TPSA) is 29.5 Å². The third kappa shape index (κ3) is 1.87. The van der Waals surface area contributed by atoms with Gasteiger partial charge >= 0.3 is 0 Å². The first-order valence-corrected chi connectivity index (χ1v) is 4.83. The van der Waals surface area contributed by atoms with E-state index in [-0.39, 0.29) is 17.5 Å². The molecule has 2 rings (SSSR count). The van der Waals surface area contributed by atoms with Gasteiger partial charge in [0.2, 0.25) is 0 Å². The van der Waals surface area contributed by atoms with Gasteiger partial charge < -0.3 is 9.84 Å². The van der Waals surface area contributed by atoms with Crippen LogP contribution in [-0.2, 0) is 4.74 Å². The molecule has 0 amide bonds. The molecule has 1 heterocycles. The maximum absolute atomic E-state index is 13.4. The van der Waals surface area contributed by atoms with Gasteiger partial charge in [0.15, 0.2) is 0 Å². The molecule has 1 N–H and O–H groups in total. The molecule has 0 atom stereocenters. The molecular formula is C11H13FO2. The van der Waals surface area contributed by atoms with Gasteiger partial charge in [-0.1, -0.05) is 6.07 Å². The smallest absolute Gasteiger partial charge is 0.130 e. The van der Waals surface area contributed by atoms with Crippen molar-refractivity contribution in [1.29, 1.82) is 0 Å². The molecule has 1 aromatic carbocycles. The normalized spacial score (nSPS) is 18.4. The molecule has 1 fully saturated rings. The van der Waals surface area contributed by atoms with E-state index in [1.165, 1.54) is 12.1 Å². The van der Waals surface area contributed by atoms with Crippen LogP contribution in [0.3, 0.4) is 0 Å². The number of phenols is 1. The van der Waals surface area contributed by atoms with Crippen LogP contribution < -0.4 is 0 Å². The lowest BCUT2D eigenvalue weighted by atomic mass is 9.91. The molecule has 0 spiro atoms. The minimum atomic E-state index is -0.308. The zero-order chi connectivity index (χ0) is 9.97. The molecular weight excluding hydrogens is 183 g/mol. The molecule has 0 aliphatic carbocycles. The van der Waals surface area contributed by atoms with E-state index in [0.717, 1.165) is 12.8 Å². The molecule has 0 saturated carbocycles. The number of hydrogen-bond donors (Lipinski definition) is 1. The van der Waals surface area contributed by atoms with E-state index in [0.29, 0.717) is 18.8 Å². The van der Waals surface area contributed by atoms with Gasteiger partial charge in [0.1, 0.15) is 11.6 Å². The summed E-state index contributed by atoms with van der Waals surface area (Å²) in [6, 6.07) is 4.37. The quantitative estimate of drug-likeness (QED) is 0.747. The third-order valence-corrected chi connectivity index (χ3v) is 2.65. The lowest BCUT2D eigenvalue weighted by Gasteiger charge is -2.22. The predicted molar refractivity (Wildman–Crippen MR) is 50.9 cm³/mol. The van der Waals surface area contributed by atoms with Crippen molar-refractivity contribution in [2.75, 3.05) is 13.2 Å². The summed E-state index contributed by atoms with van der Waals surface area (Å²) < 4.78 is 18.6. The first kappa shape index (κ1) is 9.46. The Hall–Kier alpha value is -1.09. The van der Waals surface area contributed by atoms with Crippen LogP contribution in [0.5, 0.6) is 5.75 Å². The molecule has 2 nitrogen and oxygen atoms in total. The Kier molecular flexibility index (Phi) is 2.68. The average molecular weight is 196 g/mol. The molecule has 1 aliphatic rings. The van der Waals surface area contributed by atoms with Crippen molar-refractivity contribution in [3.8, 4) is 5.75 Å². The van der Waals surface area contributed by atoms with Crippen LogP contribution in [0.2, 0.25) is 0 Å². The first-order chi connectivity index (χ1) is 6.77. The third-order valence-electron chi connectivity index (χ3n) is 2.65. The summed E-state index contributed by atoms with van der Waals surface area (Å²) in [6.07, 6.45) is 1.73. The SMILES string of the molecule is Oc1ccc(C2CCOCC2)c(F)c1. The van der Waals surface area contributed by atoms with Crippen LogP contribution in [0, 0.1) is 5.82 Å². The standard InChI is InChI=1S/C11H13FO2/c12-11-7-9(13)1-2-10(11)8-3-5-14-6-4-8/h1-2,7-8,13H,3-6H2. The molecule has 1 aliphatic heterocycles. The lowest BCUT2D eigenvalue weighted by molar-refractivity contribution is 0.0846. The van der Waals surface area contributed by atoms with Crippen LogP contribution in [0.25, 0.3) is 0 Å². The maximum atomic E-state index is 13.4. The van der Waals surface area contributed by atoms with Crippen molar-refractivity contribution in [3.63, 3.8) is 0 Å². The van der Waals surface area contributed by atoms with Gasteiger partial charge in [0.05, 0.1) is 0 Å². The fraction of sp³-hybridized carbons (Fsp3) is 0.455. The fourth-order valence-corrected chi connectivity index (χ4v) is 1.86. The minimum Gasteiger partial charge on any atom is -0.508 e. The number of ether oxygens (including phenoxy) is 1. The van der Waals surface area contributed by atoms with Gasteiger partial charge in [-0.15, -0.1) is 0 Å². The summed E-state index contributed by atoms with van der Waals surface area (Å²) in [5, 5.41) is 9.07. The van der Waals surface area contributed by atoms with E-state index in [1.807, 2.05) is 0 Å². The largest absolute Gasteiger partial charge is 0.508 e. The molecule has 0 unspecified atom stereocenters. The summed E-state index contributed by atoms with van der Waals surface area (Å²) in [4.78, 5) is 0. The highest BCUT2D eigenvalue weighted by atomic mass is 19.1. The van der Waals surface area contributed by atoms with Crippen LogP contribution in [0.15, 0.2) is 18.2 Å². The summed E-state index contributed by atoms with van der Waals surface area (Å²) in [6.45, 7) is 1.40. The molecule has 1 saturated heterocycles. The Labute approximate surface area is 82.3 Å². The average Bonchev–Trinajstić information content (AvgIpc) is 2.19. The van der Waals surface area contributed by atoms with Crippen molar-refractivity contribution < 1.29 is 14.2 Å². The van der Waals surface area contributed by atoms with E-state index in [2.05, 4.69) is 0 Å². The summed E-state index contributed by atoms with van der Waals surface area (Å²) in [5.41, 5.74) is 0.700. The number of phenolic OH excluding ortho intramolecular Hbond substituents is 1. The molecule has 1 aromatic rings. The Bertz CT molecular complexity index is 319. The van der Waals surface area contributed by atoms with Crippen molar-refractivity contribution in [3.05, 3.63) is 29.6 Å². The van der Waals surface area contributed by atoms with E-state index in [9.17, 15) is 4.39 Å². The van der Waals surface area contributed by atoms with E-state index >= 15 is 0 Å². The second-order valence-corrected chi connectivity index (χ2v) is 3.59. The zero-order valence-electron chi connectivity index (χ0n) is 7.87. The molecule has 14 heavy (non-hydrogen) atoms. The Morgan fingerprint density at radius 2 is 2.00 bits per heavy atom. The van der Waals surface area contributed by atoms with Crippen LogP contribution in [-0.4, -0.2) is 18.3 Å². The van der Waals surface area contributed by atoms with E-state index < -0.39 is 0 Å². The van der Waals surface area contributed by atoms with Gasteiger partial charge in [0, 0.05) is 19.3 Å². The molecule has 0 aromatic heterocycles. The number of aromatic hydroxyl groups is 1. The van der Waals surface area contributed by atoms with Crippen molar-refractivity contribution in [2.45, 2.75) is 18.8 Å². The second kappa shape index (κ2) is 3.96.